The van der Waals surface area contributed by atoms with E-state index in [0.717, 1.165) is 0 Å². The minimum atomic E-state index is -0.742. The summed E-state index contributed by atoms with van der Waals surface area (Å²) >= 11 is 0. The molecule has 2 rings (SSSR count). The molecule has 1 N–H and O–H groups in total. The van der Waals surface area contributed by atoms with Crippen LogP contribution in [-0.2, 0) is 4.79 Å². The van der Waals surface area contributed by atoms with Crippen molar-refractivity contribution in [3.63, 3.8) is 0 Å². The van der Waals surface area contributed by atoms with Crippen molar-refractivity contribution in [3.05, 3.63) is 34.4 Å². The van der Waals surface area contributed by atoms with Crippen molar-refractivity contribution < 1.29 is 19.6 Å². The molecule has 102 valence electrons. The van der Waals surface area contributed by atoms with Gasteiger partial charge in [-0.05, 0) is 37.8 Å². The van der Waals surface area contributed by atoms with Gasteiger partial charge in [0.2, 0.25) is 0 Å². The van der Waals surface area contributed by atoms with Crippen molar-refractivity contribution >= 4 is 11.7 Å². The molecule has 1 aliphatic rings. The Kier molecular flexibility index (Phi) is 3.99. The summed E-state index contributed by atoms with van der Waals surface area (Å²) in [6, 6.07) is 5.94. The van der Waals surface area contributed by atoms with E-state index in [1.54, 1.807) is 12.1 Å². The molecule has 0 radical (unpaired) electrons. The van der Waals surface area contributed by atoms with Gasteiger partial charge in [0.25, 0.3) is 5.69 Å². The van der Waals surface area contributed by atoms with Crippen molar-refractivity contribution in [2.75, 3.05) is 0 Å². The van der Waals surface area contributed by atoms with E-state index in [0.29, 0.717) is 31.4 Å². The lowest BCUT2D eigenvalue weighted by Crippen LogP contribution is -2.27. The van der Waals surface area contributed by atoms with Crippen LogP contribution >= 0.6 is 0 Å². The van der Waals surface area contributed by atoms with Gasteiger partial charge < -0.3 is 9.84 Å². The molecule has 0 aliphatic heterocycles. The molecule has 1 saturated carbocycles. The van der Waals surface area contributed by atoms with Gasteiger partial charge in [-0.25, -0.2) is 0 Å². The highest BCUT2D eigenvalue weighted by Gasteiger charge is 2.26. The number of rotatable bonds is 4. The van der Waals surface area contributed by atoms with Gasteiger partial charge in [0.15, 0.2) is 0 Å². The molecule has 1 aromatic rings. The number of nitrogens with zero attached hydrogens (tertiary/aromatic N) is 1. The SMILES string of the molecule is O=C(O)C1CCC(Oc2ccc([N+](=O)[O-])cc2)CC1. The number of carboxylic acids is 1. The van der Waals surface area contributed by atoms with E-state index >= 15 is 0 Å². The van der Waals surface area contributed by atoms with E-state index in [1.807, 2.05) is 0 Å². The minimum absolute atomic E-state index is 0.00273. The first kappa shape index (κ1) is 13.3. The number of hydrogen-bond acceptors (Lipinski definition) is 4. The second-order valence-corrected chi connectivity index (χ2v) is 4.68. The molecule has 0 spiro atoms. The van der Waals surface area contributed by atoms with Crippen LogP contribution in [0.4, 0.5) is 5.69 Å². The molecule has 6 heteroatoms. The largest absolute Gasteiger partial charge is 0.490 e. The second kappa shape index (κ2) is 5.69. The van der Waals surface area contributed by atoms with Crippen LogP contribution in [0.15, 0.2) is 24.3 Å². The number of hydrogen-bond donors (Lipinski definition) is 1. The normalized spacial score (nSPS) is 22.7. The number of non-ortho nitro benzene ring substituents is 1. The highest BCUT2D eigenvalue weighted by atomic mass is 16.6. The zero-order chi connectivity index (χ0) is 13.8. The Bertz CT molecular complexity index is 462. The van der Waals surface area contributed by atoms with Crippen LogP contribution in [0.5, 0.6) is 5.75 Å². The Balaban J connectivity index is 1.88. The fraction of sp³-hybridized carbons (Fsp3) is 0.462. The zero-order valence-corrected chi connectivity index (χ0v) is 10.3. The quantitative estimate of drug-likeness (QED) is 0.667. The molecule has 1 aliphatic carbocycles. The van der Waals surface area contributed by atoms with Crippen molar-refractivity contribution in [2.45, 2.75) is 31.8 Å². The number of benzene rings is 1. The van der Waals surface area contributed by atoms with Gasteiger partial charge in [-0.2, -0.15) is 0 Å². The Morgan fingerprint density at radius 3 is 2.26 bits per heavy atom. The summed E-state index contributed by atoms with van der Waals surface area (Å²) in [6.07, 6.45) is 2.64. The van der Waals surface area contributed by atoms with E-state index in [1.165, 1.54) is 12.1 Å². The summed E-state index contributed by atoms with van der Waals surface area (Å²) in [5, 5.41) is 19.4. The van der Waals surface area contributed by atoms with Gasteiger partial charge in [-0.15, -0.1) is 0 Å². The predicted octanol–water partition coefficient (Wildman–Crippen LogP) is 2.62. The Morgan fingerprint density at radius 2 is 1.79 bits per heavy atom. The molecular weight excluding hydrogens is 250 g/mol. The van der Waals surface area contributed by atoms with Gasteiger partial charge in [0.05, 0.1) is 16.9 Å². The third-order valence-corrected chi connectivity index (χ3v) is 3.37. The van der Waals surface area contributed by atoms with Crippen LogP contribution in [0.25, 0.3) is 0 Å². The zero-order valence-electron chi connectivity index (χ0n) is 10.3. The van der Waals surface area contributed by atoms with Crippen LogP contribution < -0.4 is 4.74 Å². The van der Waals surface area contributed by atoms with Crippen LogP contribution in [0.1, 0.15) is 25.7 Å². The maximum atomic E-state index is 10.8. The number of carbonyl (C=O) groups is 1. The van der Waals surface area contributed by atoms with E-state index < -0.39 is 10.9 Å². The minimum Gasteiger partial charge on any atom is -0.490 e. The van der Waals surface area contributed by atoms with Gasteiger partial charge in [0, 0.05) is 12.1 Å². The predicted molar refractivity (Wildman–Crippen MR) is 67.1 cm³/mol. The Labute approximate surface area is 110 Å². The fourth-order valence-corrected chi connectivity index (χ4v) is 2.27. The number of aliphatic carboxylic acids is 1. The Morgan fingerprint density at radius 1 is 1.21 bits per heavy atom. The number of ether oxygens (including phenoxy) is 1. The average Bonchev–Trinajstić information content (AvgIpc) is 2.40. The van der Waals surface area contributed by atoms with Crippen molar-refractivity contribution in [1.29, 1.82) is 0 Å². The van der Waals surface area contributed by atoms with Gasteiger partial charge >= 0.3 is 5.97 Å². The van der Waals surface area contributed by atoms with Crippen LogP contribution in [0, 0.1) is 16.0 Å². The second-order valence-electron chi connectivity index (χ2n) is 4.68. The summed E-state index contributed by atoms with van der Waals surface area (Å²) in [4.78, 5) is 20.9. The molecular formula is C13H15NO5. The topological polar surface area (TPSA) is 89.7 Å². The summed E-state index contributed by atoms with van der Waals surface area (Å²) in [5.74, 6) is -0.421. The van der Waals surface area contributed by atoms with E-state index in [-0.39, 0.29) is 17.7 Å². The third kappa shape index (κ3) is 3.43. The first-order chi connectivity index (χ1) is 9.06. The van der Waals surface area contributed by atoms with E-state index in [9.17, 15) is 14.9 Å². The lowest BCUT2D eigenvalue weighted by atomic mass is 9.87. The molecule has 1 fully saturated rings. The maximum Gasteiger partial charge on any atom is 0.306 e. The monoisotopic (exact) mass is 265 g/mol. The molecule has 0 bridgehead atoms. The lowest BCUT2D eigenvalue weighted by molar-refractivity contribution is -0.384. The van der Waals surface area contributed by atoms with Crippen LogP contribution in [-0.4, -0.2) is 22.1 Å². The number of nitro benzene ring substituents is 1. The van der Waals surface area contributed by atoms with Crippen molar-refractivity contribution in [1.82, 2.24) is 0 Å². The van der Waals surface area contributed by atoms with Crippen LogP contribution in [0.3, 0.4) is 0 Å². The average molecular weight is 265 g/mol. The number of carboxylic acid groups (broad SMARTS) is 1. The standard InChI is InChI=1S/C13H15NO5/c15-13(16)9-1-5-11(6-2-9)19-12-7-3-10(4-8-12)14(17)18/h3-4,7-9,11H,1-2,5-6H2,(H,15,16). The van der Waals surface area contributed by atoms with E-state index in [4.69, 9.17) is 9.84 Å². The molecule has 0 atom stereocenters. The molecule has 0 amide bonds. The van der Waals surface area contributed by atoms with Gasteiger partial charge in [-0.1, -0.05) is 0 Å². The molecule has 0 heterocycles. The summed E-state index contributed by atoms with van der Waals surface area (Å²) in [7, 11) is 0. The molecule has 1 aromatic carbocycles. The third-order valence-electron chi connectivity index (χ3n) is 3.37. The molecule has 6 nitrogen and oxygen atoms in total. The molecule has 0 saturated heterocycles. The van der Waals surface area contributed by atoms with Crippen molar-refractivity contribution in [2.24, 2.45) is 5.92 Å². The van der Waals surface area contributed by atoms with Crippen molar-refractivity contribution in [3.8, 4) is 5.75 Å². The summed E-state index contributed by atoms with van der Waals surface area (Å²) in [5.41, 5.74) is 0.0296. The highest BCUT2D eigenvalue weighted by molar-refractivity contribution is 5.70. The molecule has 19 heavy (non-hydrogen) atoms. The summed E-state index contributed by atoms with van der Waals surface area (Å²) < 4.78 is 5.70. The maximum absolute atomic E-state index is 10.8. The smallest absolute Gasteiger partial charge is 0.306 e. The summed E-state index contributed by atoms with van der Waals surface area (Å²) in [6.45, 7) is 0. The van der Waals surface area contributed by atoms with E-state index in [2.05, 4.69) is 0 Å². The molecule has 0 aromatic heterocycles. The molecule has 0 unspecified atom stereocenters. The number of nitro groups is 1. The first-order valence-electron chi connectivity index (χ1n) is 6.20. The van der Waals surface area contributed by atoms with Crippen LogP contribution in [0.2, 0.25) is 0 Å². The van der Waals surface area contributed by atoms with Gasteiger partial charge in [0.1, 0.15) is 5.75 Å². The Hall–Kier alpha value is -2.11. The van der Waals surface area contributed by atoms with Gasteiger partial charge in [-0.3, -0.25) is 14.9 Å². The lowest BCUT2D eigenvalue weighted by Gasteiger charge is -2.26. The first-order valence-corrected chi connectivity index (χ1v) is 6.20. The highest BCUT2D eigenvalue weighted by Crippen LogP contribution is 2.28. The fourth-order valence-electron chi connectivity index (χ4n) is 2.27.